The fourth-order valence-electron chi connectivity index (χ4n) is 1.69. The van der Waals surface area contributed by atoms with E-state index >= 15 is 0 Å². The fourth-order valence-corrected chi connectivity index (χ4v) is 1.69. The van der Waals surface area contributed by atoms with Gasteiger partial charge in [0.05, 0.1) is 0 Å². The number of hydrogen-bond acceptors (Lipinski definition) is 0. The summed E-state index contributed by atoms with van der Waals surface area (Å²) >= 11 is 0. The van der Waals surface area contributed by atoms with Gasteiger partial charge in [-0.3, -0.25) is 0 Å². The molecule has 1 fully saturated rings. The fraction of sp³-hybridized carbons (Fsp3) is 0.444. The Morgan fingerprint density at radius 2 is 1.62 bits per heavy atom. The van der Waals surface area contributed by atoms with Crippen LogP contribution in [0.25, 0.3) is 0 Å². The Kier molecular flexibility index (Phi) is 14.9. The molecule has 0 aromatic carbocycles. The Hall–Kier alpha value is 1.23. The van der Waals surface area contributed by atoms with Crippen molar-refractivity contribution >= 4 is 0 Å². The Morgan fingerprint density at radius 3 is 2.23 bits per heavy atom. The summed E-state index contributed by atoms with van der Waals surface area (Å²) in [6, 6.07) is 0. The molecular weight excluding hydrogens is 306 g/mol. The maximum absolute atomic E-state index is 2.42. The molecule has 1 saturated carbocycles. The first-order chi connectivity index (χ1) is 4.47. The number of hydrogen-bond donors (Lipinski definition) is 0. The van der Waals surface area contributed by atoms with E-state index in [1.807, 2.05) is 0 Å². The topological polar surface area (TPSA) is 0 Å². The zero-order valence-corrected chi connectivity index (χ0v) is 11.8. The molecule has 0 radical (unpaired) electrons. The zero-order valence-electron chi connectivity index (χ0n) is 7.09. The summed E-state index contributed by atoms with van der Waals surface area (Å²) in [6.07, 6.45) is 14.1. The molecule has 0 aliphatic heterocycles. The molecule has 72 valence electrons. The van der Waals surface area contributed by atoms with Gasteiger partial charge in [-0.05, 0) is 5.92 Å². The second-order valence-electron chi connectivity index (χ2n) is 2.82. The van der Waals surface area contributed by atoms with Crippen molar-refractivity contribution in [2.75, 3.05) is 0 Å². The smallest absolute Gasteiger partial charge is 1.00 e. The third-order valence-electron chi connectivity index (χ3n) is 2.24. The molecule has 13 heavy (non-hydrogen) atoms. The minimum absolute atomic E-state index is 0. The van der Waals surface area contributed by atoms with E-state index in [9.17, 15) is 0 Å². The van der Waals surface area contributed by atoms with Gasteiger partial charge >= 0.3 is 26.2 Å². The molecule has 2 unspecified atom stereocenters. The molecule has 2 aliphatic rings. The van der Waals surface area contributed by atoms with E-state index in [0.717, 1.165) is 11.8 Å². The van der Waals surface area contributed by atoms with Crippen LogP contribution < -0.4 is 37.2 Å². The van der Waals surface area contributed by atoms with Crippen molar-refractivity contribution in [2.45, 2.75) is 12.8 Å². The summed E-state index contributed by atoms with van der Waals surface area (Å²) in [5.41, 5.74) is 0. The monoisotopic (exact) mass is 314 g/mol. The van der Waals surface area contributed by atoms with Gasteiger partial charge in [-0.2, -0.15) is 6.42 Å². The molecule has 2 rings (SSSR count). The van der Waals surface area contributed by atoms with Crippen LogP contribution in [0.3, 0.4) is 0 Å². The third kappa shape index (κ3) is 5.02. The first kappa shape index (κ1) is 19.8. The zero-order chi connectivity index (χ0) is 6.10. The van der Waals surface area contributed by atoms with E-state index in [1.165, 1.54) is 12.8 Å². The molecule has 0 saturated heterocycles. The van der Waals surface area contributed by atoms with E-state index in [0.29, 0.717) is 0 Å². The molecule has 0 nitrogen and oxygen atoms in total. The van der Waals surface area contributed by atoms with Gasteiger partial charge in [0.1, 0.15) is 0 Å². The quantitative estimate of drug-likeness (QED) is 0.390. The van der Waals surface area contributed by atoms with Crippen molar-refractivity contribution < 1.29 is 63.4 Å². The molecule has 0 heterocycles. The summed E-state index contributed by atoms with van der Waals surface area (Å²) in [7, 11) is 0. The van der Waals surface area contributed by atoms with Crippen LogP contribution in [0.15, 0.2) is 24.3 Å². The normalized spacial score (nSPS) is 27.1. The van der Waals surface area contributed by atoms with Gasteiger partial charge in [-0.1, -0.05) is 24.6 Å². The van der Waals surface area contributed by atoms with Gasteiger partial charge in [0.15, 0.2) is 0 Å². The van der Waals surface area contributed by atoms with Crippen LogP contribution in [-0.2, 0) is 26.2 Å². The van der Waals surface area contributed by atoms with Crippen LogP contribution in [0.2, 0.25) is 0 Å². The second-order valence-corrected chi connectivity index (χ2v) is 2.82. The van der Waals surface area contributed by atoms with Gasteiger partial charge in [0, 0.05) is 0 Å². The summed E-state index contributed by atoms with van der Waals surface area (Å²) in [5, 5.41) is 0. The van der Waals surface area contributed by atoms with Crippen molar-refractivity contribution in [1.29, 1.82) is 0 Å². The van der Waals surface area contributed by atoms with E-state index in [1.54, 1.807) is 0 Å². The average molecular weight is 317 g/mol. The molecule has 2 atom stereocenters. The van der Waals surface area contributed by atoms with E-state index in [-0.39, 0.29) is 63.4 Å². The Balaban J connectivity index is -0.000000250. The van der Waals surface area contributed by atoms with E-state index in [4.69, 9.17) is 0 Å². The maximum Gasteiger partial charge on any atom is 4.00 e. The van der Waals surface area contributed by atoms with Crippen molar-refractivity contribution in [3.05, 3.63) is 30.7 Å². The molecule has 4 heteroatoms. The van der Waals surface area contributed by atoms with Crippen LogP contribution in [0.5, 0.6) is 0 Å². The van der Waals surface area contributed by atoms with Crippen molar-refractivity contribution in [3.8, 4) is 0 Å². The number of allylic oxidation sites excluding steroid dienone is 4. The van der Waals surface area contributed by atoms with Crippen LogP contribution in [0.4, 0.5) is 0 Å². The minimum atomic E-state index is 0. The molecule has 0 bridgehead atoms. The standard InChI is InChI=1S/C9H11.3ClH.Zr/c1-2-5-9-7-3-6-8(9)4-1;;;;/h1-2,4-6,8-9H,3,7H2;3*1H;/q-1;;;;+4/p-3. The predicted octanol–water partition coefficient (Wildman–Crippen LogP) is -6.65. The van der Waals surface area contributed by atoms with Crippen LogP contribution >= 0.6 is 0 Å². The molecule has 0 spiro atoms. The maximum atomic E-state index is 2.42. The summed E-state index contributed by atoms with van der Waals surface area (Å²) in [4.78, 5) is 0. The molecular formula is C9H11Cl3Zr. The van der Waals surface area contributed by atoms with Gasteiger partial charge in [0.2, 0.25) is 0 Å². The second kappa shape index (κ2) is 9.78. The van der Waals surface area contributed by atoms with E-state index in [2.05, 4.69) is 30.7 Å². The number of fused-ring (bicyclic) bond motifs is 1. The minimum Gasteiger partial charge on any atom is -1.00 e. The Morgan fingerprint density at radius 1 is 1.00 bits per heavy atom. The predicted molar refractivity (Wildman–Crippen MR) is 38.8 cm³/mol. The van der Waals surface area contributed by atoms with Crippen molar-refractivity contribution in [1.82, 2.24) is 0 Å². The first-order valence-electron chi connectivity index (χ1n) is 3.65. The van der Waals surface area contributed by atoms with Crippen LogP contribution in [0, 0.1) is 18.3 Å². The number of rotatable bonds is 0. The summed E-state index contributed by atoms with van der Waals surface area (Å²) in [6.45, 7) is 0. The van der Waals surface area contributed by atoms with E-state index < -0.39 is 0 Å². The first-order valence-corrected chi connectivity index (χ1v) is 3.65. The molecule has 0 aromatic rings. The molecule has 2 aliphatic carbocycles. The third-order valence-corrected chi connectivity index (χ3v) is 2.24. The number of halogens is 3. The van der Waals surface area contributed by atoms with Crippen molar-refractivity contribution in [3.63, 3.8) is 0 Å². The van der Waals surface area contributed by atoms with Crippen LogP contribution in [0.1, 0.15) is 12.8 Å². The summed E-state index contributed by atoms with van der Waals surface area (Å²) in [5.74, 6) is 1.62. The van der Waals surface area contributed by atoms with Crippen LogP contribution in [-0.4, -0.2) is 0 Å². The molecule has 0 aromatic heterocycles. The van der Waals surface area contributed by atoms with Gasteiger partial charge in [-0.15, -0.1) is 12.0 Å². The SMILES string of the molecule is C1=CC2[CH-]CCC2C=C1.[Cl-].[Cl-].[Cl-].[Zr+4]. The molecule has 0 N–H and O–H groups in total. The van der Waals surface area contributed by atoms with Gasteiger partial charge in [-0.25, -0.2) is 0 Å². The molecule has 0 amide bonds. The van der Waals surface area contributed by atoms with Gasteiger partial charge in [0.25, 0.3) is 0 Å². The Bertz CT molecular complexity index is 150. The van der Waals surface area contributed by atoms with Gasteiger partial charge < -0.3 is 43.6 Å². The van der Waals surface area contributed by atoms with Crippen molar-refractivity contribution in [2.24, 2.45) is 11.8 Å². The Labute approximate surface area is 118 Å². The largest absolute Gasteiger partial charge is 4.00 e. The average Bonchev–Trinajstić information content (AvgIpc) is 2.33. The summed E-state index contributed by atoms with van der Waals surface area (Å²) < 4.78 is 0.